The van der Waals surface area contributed by atoms with Crippen LogP contribution in [0.15, 0.2) is 0 Å². The topological polar surface area (TPSA) is 0 Å². The Kier molecular flexibility index (Phi) is 6.57. The minimum atomic E-state index is 0.0364. The monoisotopic (exact) mass is 364 g/mol. The van der Waals surface area contributed by atoms with Crippen molar-refractivity contribution in [2.24, 2.45) is 0 Å². The molecule has 24 valence electrons. The molecule has 0 nitrogen and oxygen atoms in total. The van der Waals surface area contributed by atoms with E-state index in [0.29, 0.717) is 0 Å². The van der Waals surface area contributed by atoms with Gasteiger partial charge in [0.2, 0.25) is 0 Å². The van der Waals surface area contributed by atoms with Crippen LogP contribution in [-0.2, 0) is 0 Å². The first-order valence-corrected chi connectivity index (χ1v) is 14.9. The summed E-state index contributed by atoms with van der Waals surface area (Å²) < 4.78 is 1.50. The predicted molar refractivity (Wildman–Crippen MR) is 30.3 cm³/mol. The van der Waals surface area contributed by atoms with Crippen LogP contribution in [0.4, 0.5) is 0 Å². The fourth-order valence-electron chi connectivity index (χ4n) is 0. The van der Waals surface area contributed by atoms with Crippen molar-refractivity contribution in [1.82, 2.24) is 0 Å². The van der Waals surface area contributed by atoms with Crippen LogP contribution in [0.2, 0.25) is 3.98 Å². The summed E-state index contributed by atoms with van der Waals surface area (Å²) in [6, 6.07) is 0. The van der Waals surface area contributed by atoms with Crippen LogP contribution in [0, 0.1) is 0 Å². The van der Waals surface area contributed by atoms with E-state index in [9.17, 15) is 0 Å². The number of rotatable bonds is 1. The van der Waals surface area contributed by atoms with Gasteiger partial charge in [0, 0.05) is 0 Å². The maximum absolute atomic E-state index is 2.55. The van der Waals surface area contributed by atoms with Crippen molar-refractivity contribution in [3.63, 3.8) is 0 Å². The third-order valence-corrected chi connectivity index (χ3v) is 7.87. The molecule has 0 aliphatic heterocycles. The van der Waals surface area contributed by atoms with E-state index in [1.54, 1.807) is 0 Å². The molecule has 0 heterocycles. The van der Waals surface area contributed by atoms with E-state index in [0.717, 1.165) is 0 Å². The molecule has 0 aromatic heterocycles. The van der Waals surface area contributed by atoms with Gasteiger partial charge in [-0.05, 0) is 0 Å². The summed E-state index contributed by atoms with van der Waals surface area (Å²) in [5.41, 5.74) is 0. The zero-order chi connectivity index (χ0) is 3.41. The van der Waals surface area contributed by atoms with E-state index in [1.807, 2.05) is 0 Å². The molecule has 0 aromatic rings. The third kappa shape index (κ3) is 3.65. The Bertz CT molecular complexity index is 8.00. The number of halogens is 1. The maximum atomic E-state index is 2.55. The Labute approximate surface area is 48.0 Å². The van der Waals surface area contributed by atoms with Gasteiger partial charge in [0.05, 0.1) is 0 Å². The van der Waals surface area contributed by atoms with Gasteiger partial charge in [-0.15, -0.1) is 0 Å². The van der Waals surface area contributed by atoms with Crippen molar-refractivity contribution in [2.45, 2.75) is 10.9 Å². The molecule has 0 aliphatic rings. The third-order valence-electron chi connectivity index (χ3n) is 0.134. The molecule has 4 heavy (non-hydrogen) atoms. The van der Waals surface area contributed by atoms with Gasteiger partial charge in [-0.3, -0.25) is 0 Å². The Morgan fingerprint density at radius 1 is 2.00 bits per heavy atom. The Morgan fingerprint density at radius 2 is 2.25 bits per heavy atom. The van der Waals surface area contributed by atoms with Crippen molar-refractivity contribution in [1.29, 1.82) is 0 Å². The van der Waals surface area contributed by atoms with Gasteiger partial charge in [-0.2, -0.15) is 0 Å². The summed E-state index contributed by atoms with van der Waals surface area (Å²) in [5, 5.41) is 0. The molecule has 0 atom stereocenters. The molecule has 0 bridgehead atoms. The van der Waals surface area contributed by atoms with Crippen LogP contribution in [-0.4, -0.2) is 19.9 Å². The van der Waals surface area contributed by atoms with Gasteiger partial charge >= 0.3 is 48.6 Å². The standard InChI is InChI=1S/C2H5.HI.Pb/c1-2;;/h1H2,2H3;1H;/q;;+1/p-1. The molecule has 0 unspecified atom stereocenters. The van der Waals surface area contributed by atoms with Gasteiger partial charge in [0.1, 0.15) is 0 Å². The molecule has 0 N–H and O–H groups in total. The molecule has 0 amide bonds. The molecule has 0 aliphatic carbocycles. The normalized spacial score (nSPS) is 7.50. The molecular formula is C2H5IPb. The Morgan fingerprint density at radius 3 is 2.25 bits per heavy atom. The van der Waals surface area contributed by atoms with E-state index in [2.05, 4.69) is 24.7 Å². The molecule has 0 aromatic carbocycles. The zero-order valence-electron chi connectivity index (χ0n) is 2.59. The second kappa shape index (κ2) is 4.65. The van der Waals surface area contributed by atoms with E-state index < -0.39 is 0 Å². The molecule has 2 heteroatoms. The predicted octanol–water partition coefficient (Wildman–Crippen LogP) is 1.48. The number of hydrogen-bond donors (Lipinski definition) is 0. The first-order valence-electron chi connectivity index (χ1n) is 1.25. The van der Waals surface area contributed by atoms with Crippen molar-refractivity contribution < 1.29 is 0 Å². The van der Waals surface area contributed by atoms with Gasteiger partial charge in [0.15, 0.2) is 0 Å². The van der Waals surface area contributed by atoms with Crippen LogP contribution in [0.5, 0.6) is 0 Å². The van der Waals surface area contributed by atoms with Gasteiger partial charge in [-0.1, -0.05) is 0 Å². The SMILES string of the molecule is C[CH2][Pb][I]. The van der Waals surface area contributed by atoms with E-state index in [4.69, 9.17) is 0 Å². The van der Waals surface area contributed by atoms with Gasteiger partial charge < -0.3 is 0 Å². The van der Waals surface area contributed by atoms with Crippen molar-refractivity contribution in [3.8, 4) is 0 Å². The van der Waals surface area contributed by atoms with Crippen LogP contribution in [0.25, 0.3) is 0 Å². The Balaban J connectivity index is 1.97. The summed E-state index contributed by atoms with van der Waals surface area (Å²) in [4.78, 5) is 0. The molecule has 0 rings (SSSR count). The number of hydrogen-bond acceptors (Lipinski definition) is 0. The van der Waals surface area contributed by atoms with Crippen molar-refractivity contribution in [2.75, 3.05) is 0 Å². The molecule has 0 saturated carbocycles. The van der Waals surface area contributed by atoms with Crippen LogP contribution in [0.1, 0.15) is 6.92 Å². The fourth-order valence-corrected chi connectivity index (χ4v) is 0. The van der Waals surface area contributed by atoms with Gasteiger partial charge in [0.25, 0.3) is 0 Å². The first kappa shape index (κ1) is 5.65. The van der Waals surface area contributed by atoms with E-state index in [-0.39, 0.29) is 19.9 Å². The van der Waals surface area contributed by atoms with Crippen molar-refractivity contribution in [3.05, 3.63) is 0 Å². The van der Waals surface area contributed by atoms with E-state index in [1.165, 1.54) is 3.98 Å². The molecule has 2 radical (unpaired) electrons. The van der Waals surface area contributed by atoms with E-state index >= 15 is 0 Å². The summed E-state index contributed by atoms with van der Waals surface area (Å²) in [7, 11) is 0. The summed E-state index contributed by atoms with van der Waals surface area (Å²) in [5.74, 6) is 0. The average Bonchev–Trinajstić information content (AvgIpc) is 1.37. The second-order valence-electron chi connectivity index (χ2n) is 0.487. The Hall–Kier alpha value is 1.65. The van der Waals surface area contributed by atoms with Crippen LogP contribution >= 0.6 is 17.8 Å². The quantitative estimate of drug-likeness (QED) is 0.489. The molecule has 0 saturated heterocycles. The zero-order valence-corrected chi connectivity index (χ0v) is 8.63. The molecular weight excluding hydrogens is 358 g/mol. The molecule has 0 fully saturated rings. The van der Waals surface area contributed by atoms with Crippen LogP contribution < -0.4 is 0 Å². The summed E-state index contributed by atoms with van der Waals surface area (Å²) in [6.07, 6.45) is 0. The van der Waals surface area contributed by atoms with Gasteiger partial charge in [-0.25, -0.2) is 0 Å². The fraction of sp³-hybridized carbons (Fsp3) is 1.00. The summed E-state index contributed by atoms with van der Waals surface area (Å²) in [6.45, 7) is 2.26. The minimum absolute atomic E-state index is 0.0364. The summed E-state index contributed by atoms with van der Waals surface area (Å²) >= 11 is 2.58. The molecule has 0 spiro atoms. The first-order chi connectivity index (χ1) is 1.91. The average molecular weight is 363 g/mol. The van der Waals surface area contributed by atoms with Crippen molar-refractivity contribution >= 4 is 37.7 Å². The van der Waals surface area contributed by atoms with Crippen LogP contribution in [0.3, 0.4) is 0 Å². The second-order valence-corrected chi connectivity index (χ2v) is 11.0.